The van der Waals surface area contributed by atoms with Gasteiger partial charge in [-0.3, -0.25) is 4.90 Å². The van der Waals surface area contributed by atoms with E-state index in [0.29, 0.717) is 18.5 Å². The highest BCUT2D eigenvalue weighted by Gasteiger charge is 2.24. The van der Waals surface area contributed by atoms with Gasteiger partial charge in [0.15, 0.2) is 5.96 Å². The Hall–Kier alpha value is -2.34. The summed E-state index contributed by atoms with van der Waals surface area (Å²) in [4.78, 5) is 11.6. The minimum atomic E-state index is 0.447. The second-order valence-corrected chi connectivity index (χ2v) is 7.08. The smallest absolute Gasteiger partial charge is 0.216 e. The summed E-state index contributed by atoms with van der Waals surface area (Å²) in [7, 11) is 0. The van der Waals surface area contributed by atoms with Gasteiger partial charge in [-0.2, -0.15) is 0 Å². The van der Waals surface area contributed by atoms with Crippen LogP contribution in [0.15, 0.2) is 39.7 Å². The fourth-order valence-corrected chi connectivity index (χ4v) is 3.46. The average Bonchev–Trinajstić information content (AvgIpc) is 3.24. The third-order valence-electron chi connectivity index (χ3n) is 5.02. The molecule has 1 aromatic heterocycles. The van der Waals surface area contributed by atoms with Crippen LogP contribution in [0.25, 0.3) is 0 Å². The molecule has 0 spiro atoms. The van der Waals surface area contributed by atoms with Gasteiger partial charge in [0.05, 0.1) is 5.69 Å². The summed E-state index contributed by atoms with van der Waals surface area (Å²) in [5, 5.41) is 6.81. The Bertz CT molecular complexity index is 721. The molecule has 27 heavy (non-hydrogen) atoms. The second-order valence-electron chi connectivity index (χ2n) is 7.08. The molecule has 1 unspecified atom stereocenters. The number of hydrogen-bond donors (Lipinski definition) is 2. The molecule has 0 bridgehead atoms. The van der Waals surface area contributed by atoms with Crippen molar-refractivity contribution in [3.63, 3.8) is 0 Å². The molecule has 1 aliphatic heterocycles. The predicted octanol–water partition coefficient (Wildman–Crippen LogP) is 3.01. The van der Waals surface area contributed by atoms with Gasteiger partial charge in [0.2, 0.25) is 5.89 Å². The van der Waals surface area contributed by atoms with E-state index < -0.39 is 0 Å². The Kier molecular flexibility index (Phi) is 6.87. The Morgan fingerprint density at radius 1 is 1.26 bits per heavy atom. The number of nitrogens with zero attached hydrogens (tertiary/aromatic N) is 3. The number of aryl methyl sites for hydroxylation is 2. The van der Waals surface area contributed by atoms with Crippen molar-refractivity contribution in [3.8, 4) is 0 Å². The lowest BCUT2D eigenvalue weighted by Gasteiger charge is -2.25. The molecule has 1 atom stereocenters. The zero-order chi connectivity index (χ0) is 19.1. The molecule has 1 aromatic carbocycles. The van der Waals surface area contributed by atoms with Crippen LogP contribution in [0, 0.1) is 13.8 Å². The quantitative estimate of drug-likeness (QED) is 0.580. The van der Waals surface area contributed by atoms with Crippen molar-refractivity contribution < 1.29 is 4.42 Å². The standard InChI is InChI=1S/C21H31N5O/c1-4-22-21(24-14-20-25-16(2)17(3)27-20)23-13-19-11-8-12-26(19)15-18-9-6-5-7-10-18/h5-7,9-10,19H,4,8,11-15H2,1-3H3,(H2,22,23,24). The molecular formula is C21H31N5O. The number of benzene rings is 1. The van der Waals surface area contributed by atoms with Crippen molar-refractivity contribution in [2.45, 2.75) is 52.7 Å². The van der Waals surface area contributed by atoms with Gasteiger partial charge in [0.1, 0.15) is 12.3 Å². The molecule has 1 saturated heterocycles. The van der Waals surface area contributed by atoms with Crippen molar-refractivity contribution in [1.82, 2.24) is 20.5 Å². The van der Waals surface area contributed by atoms with Gasteiger partial charge < -0.3 is 15.1 Å². The first-order valence-corrected chi connectivity index (χ1v) is 9.88. The van der Waals surface area contributed by atoms with Crippen LogP contribution in [0.5, 0.6) is 0 Å². The number of oxazole rings is 1. The summed E-state index contributed by atoms with van der Waals surface area (Å²) in [6.07, 6.45) is 2.47. The number of likely N-dealkylation sites (tertiary alicyclic amines) is 1. The van der Waals surface area contributed by atoms with Gasteiger partial charge in [-0.05, 0) is 45.7 Å². The Balaban J connectivity index is 1.55. The normalized spacial score (nSPS) is 18.0. The highest BCUT2D eigenvalue weighted by atomic mass is 16.4. The van der Waals surface area contributed by atoms with Crippen LogP contribution in [0.4, 0.5) is 0 Å². The highest BCUT2D eigenvalue weighted by Crippen LogP contribution is 2.19. The molecule has 2 N–H and O–H groups in total. The monoisotopic (exact) mass is 369 g/mol. The first-order valence-electron chi connectivity index (χ1n) is 9.88. The van der Waals surface area contributed by atoms with Crippen molar-refractivity contribution >= 4 is 5.96 Å². The molecule has 2 heterocycles. The first kappa shape index (κ1) is 19.4. The topological polar surface area (TPSA) is 65.7 Å². The molecule has 6 heteroatoms. The molecule has 6 nitrogen and oxygen atoms in total. The van der Waals surface area contributed by atoms with E-state index in [1.54, 1.807) is 0 Å². The van der Waals surface area contributed by atoms with Gasteiger partial charge in [-0.15, -0.1) is 0 Å². The molecule has 0 aliphatic carbocycles. The summed E-state index contributed by atoms with van der Waals surface area (Å²) in [5.41, 5.74) is 2.31. The van der Waals surface area contributed by atoms with Gasteiger partial charge >= 0.3 is 0 Å². The van der Waals surface area contributed by atoms with Crippen LogP contribution in [-0.2, 0) is 13.1 Å². The van der Waals surface area contributed by atoms with Crippen LogP contribution in [0.1, 0.15) is 42.7 Å². The number of hydrogen-bond acceptors (Lipinski definition) is 4. The molecule has 2 aromatic rings. The van der Waals surface area contributed by atoms with Crippen molar-refractivity contribution in [1.29, 1.82) is 0 Å². The van der Waals surface area contributed by atoms with Gasteiger partial charge in [-0.1, -0.05) is 30.3 Å². The Morgan fingerprint density at radius 2 is 2.07 bits per heavy atom. The number of nitrogens with one attached hydrogen (secondary N) is 2. The van der Waals surface area contributed by atoms with Crippen LogP contribution in [0.2, 0.25) is 0 Å². The molecule has 0 saturated carbocycles. The SMILES string of the molecule is CCNC(=NCc1nc(C)c(C)o1)NCC1CCCN1Cc1ccccc1. The number of rotatable bonds is 7. The molecular weight excluding hydrogens is 338 g/mol. The van der Waals surface area contributed by atoms with E-state index in [4.69, 9.17) is 4.42 Å². The van der Waals surface area contributed by atoms with Crippen molar-refractivity contribution in [2.24, 2.45) is 4.99 Å². The fraction of sp³-hybridized carbons (Fsp3) is 0.524. The van der Waals surface area contributed by atoms with E-state index in [1.165, 1.54) is 18.4 Å². The number of guanidine groups is 1. The molecule has 146 valence electrons. The maximum absolute atomic E-state index is 5.62. The minimum Gasteiger partial charge on any atom is -0.444 e. The van der Waals surface area contributed by atoms with Gasteiger partial charge in [0, 0.05) is 25.7 Å². The first-order chi connectivity index (χ1) is 13.2. The average molecular weight is 370 g/mol. The zero-order valence-corrected chi connectivity index (χ0v) is 16.7. The maximum Gasteiger partial charge on any atom is 0.216 e. The molecule has 0 amide bonds. The van der Waals surface area contributed by atoms with Crippen LogP contribution in [0.3, 0.4) is 0 Å². The van der Waals surface area contributed by atoms with E-state index in [0.717, 1.165) is 43.6 Å². The summed E-state index contributed by atoms with van der Waals surface area (Å²) in [5.74, 6) is 2.34. The Labute approximate surface area is 162 Å². The third kappa shape index (κ3) is 5.57. The number of aromatic nitrogens is 1. The van der Waals surface area contributed by atoms with Crippen LogP contribution < -0.4 is 10.6 Å². The van der Waals surface area contributed by atoms with E-state index in [2.05, 4.69) is 62.8 Å². The lowest BCUT2D eigenvalue weighted by molar-refractivity contribution is 0.245. The van der Waals surface area contributed by atoms with E-state index >= 15 is 0 Å². The molecule has 3 rings (SSSR count). The van der Waals surface area contributed by atoms with E-state index in [-0.39, 0.29) is 0 Å². The molecule has 1 aliphatic rings. The highest BCUT2D eigenvalue weighted by molar-refractivity contribution is 5.79. The summed E-state index contributed by atoms with van der Waals surface area (Å²) >= 11 is 0. The van der Waals surface area contributed by atoms with E-state index in [1.807, 2.05) is 13.8 Å². The lowest BCUT2D eigenvalue weighted by Crippen LogP contribution is -2.44. The van der Waals surface area contributed by atoms with Gasteiger partial charge in [-0.25, -0.2) is 9.98 Å². The van der Waals surface area contributed by atoms with Crippen molar-refractivity contribution in [3.05, 3.63) is 53.2 Å². The van der Waals surface area contributed by atoms with Crippen LogP contribution in [-0.4, -0.2) is 41.5 Å². The summed E-state index contributed by atoms with van der Waals surface area (Å²) in [6, 6.07) is 11.2. The molecule has 1 fully saturated rings. The second kappa shape index (κ2) is 9.55. The van der Waals surface area contributed by atoms with Crippen LogP contribution >= 0.6 is 0 Å². The maximum atomic E-state index is 5.62. The fourth-order valence-electron chi connectivity index (χ4n) is 3.46. The largest absolute Gasteiger partial charge is 0.444 e. The van der Waals surface area contributed by atoms with E-state index in [9.17, 15) is 0 Å². The zero-order valence-electron chi connectivity index (χ0n) is 16.7. The lowest BCUT2D eigenvalue weighted by atomic mass is 10.2. The van der Waals surface area contributed by atoms with Crippen molar-refractivity contribution in [2.75, 3.05) is 19.6 Å². The number of aliphatic imine (C=N–C) groups is 1. The summed E-state index contributed by atoms with van der Waals surface area (Å²) < 4.78 is 5.62. The third-order valence-corrected chi connectivity index (χ3v) is 5.02. The van der Waals surface area contributed by atoms with Gasteiger partial charge in [0.25, 0.3) is 0 Å². The molecule has 0 radical (unpaired) electrons. The Morgan fingerprint density at radius 3 is 2.78 bits per heavy atom. The summed E-state index contributed by atoms with van der Waals surface area (Å²) in [6.45, 7) is 10.3. The predicted molar refractivity (Wildman–Crippen MR) is 109 cm³/mol. The minimum absolute atomic E-state index is 0.447.